The third-order valence-electron chi connectivity index (χ3n) is 5.39. The van der Waals surface area contributed by atoms with Crippen LogP contribution in [0.2, 0.25) is 0 Å². The Hall–Kier alpha value is -1.99. The van der Waals surface area contributed by atoms with Crippen LogP contribution in [-0.4, -0.2) is 17.9 Å². The molecule has 1 fully saturated rings. The van der Waals surface area contributed by atoms with Gasteiger partial charge in [0.25, 0.3) is 0 Å². The van der Waals surface area contributed by atoms with Crippen LogP contribution in [0.1, 0.15) is 51.4 Å². The molecule has 1 saturated carbocycles. The largest absolute Gasteiger partial charge is 0.447 e. The average Bonchev–Trinajstić information content (AvgIpc) is 2.53. The minimum Gasteiger partial charge on any atom is -0.447 e. The first kappa shape index (κ1) is 20.3. The lowest BCUT2D eigenvalue weighted by atomic mass is 9.46. The van der Waals surface area contributed by atoms with E-state index in [-0.39, 0.29) is 17.8 Å². The van der Waals surface area contributed by atoms with Crippen LogP contribution in [0, 0.1) is 45.8 Å². The molecule has 0 bridgehead atoms. The minimum absolute atomic E-state index is 0.0775. The van der Waals surface area contributed by atoms with Crippen LogP contribution in [0.25, 0.3) is 0 Å². The van der Waals surface area contributed by atoms with Crippen LogP contribution < -0.4 is 0 Å². The van der Waals surface area contributed by atoms with Crippen molar-refractivity contribution >= 4 is 12.3 Å². The SMILES string of the molecule is CC(C)(C)[C@H]1C[C@](C=O)(OC(=O)c2c(F)c(F)c(F)c(F)c2F)C1(C)C. The maximum absolute atomic E-state index is 13.8. The van der Waals surface area contributed by atoms with E-state index in [0.717, 1.165) is 0 Å². The standard InChI is InChI=1S/C18H19F5O3/c1-16(2,3)8-6-18(7-24,17(8,4)5)26-15(25)9-10(19)12(21)14(23)13(22)11(9)20/h7-8H,6H2,1-5H3/t8-,18-/m1/s1. The number of ether oxygens (including phenoxy) is 1. The van der Waals surface area contributed by atoms with Crippen molar-refractivity contribution in [3.63, 3.8) is 0 Å². The molecular weight excluding hydrogens is 359 g/mol. The van der Waals surface area contributed by atoms with Gasteiger partial charge in [0.05, 0.1) is 0 Å². The number of benzene rings is 1. The molecular formula is C18H19F5O3. The van der Waals surface area contributed by atoms with Gasteiger partial charge in [-0.05, 0) is 17.8 Å². The molecule has 0 heterocycles. The van der Waals surface area contributed by atoms with E-state index in [4.69, 9.17) is 4.74 Å². The number of hydrogen-bond acceptors (Lipinski definition) is 3. The van der Waals surface area contributed by atoms with Gasteiger partial charge < -0.3 is 4.74 Å². The predicted octanol–water partition coefficient (Wildman–Crippen LogP) is 4.57. The van der Waals surface area contributed by atoms with Crippen LogP contribution in [-0.2, 0) is 9.53 Å². The number of halogens is 5. The summed E-state index contributed by atoms with van der Waals surface area (Å²) in [6, 6.07) is 0. The highest BCUT2D eigenvalue weighted by molar-refractivity contribution is 5.92. The number of carbonyl (C=O) groups is 2. The first-order valence-electron chi connectivity index (χ1n) is 7.92. The van der Waals surface area contributed by atoms with Gasteiger partial charge in [-0.15, -0.1) is 0 Å². The summed E-state index contributed by atoms with van der Waals surface area (Å²) in [6.07, 6.45) is 0.424. The van der Waals surface area contributed by atoms with E-state index >= 15 is 0 Å². The Morgan fingerprint density at radius 3 is 1.77 bits per heavy atom. The van der Waals surface area contributed by atoms with Crippen molar-refractivity contribution in [1.82, 2.24) is 0 Å². The van der Waals surface area contributed by atoms with Crippen molar-refractivity contribution < 1.29 is 36.3 Å². The highest BCUT2D eigenvalue weighted by Gasteiger charge is 2.66. The van der Waals surface area contributed by atoms with Gasteiger partial charge in [0.2, 0.25) is 5.82 Å². The monoisotopic (exact) mass is 378 g/mol. The lowest BCUT2D eigenvalue weighted by molar-refractivity contribution is -0.210. The number of esters is 1. The molecule has 0 radical (unpaired) electrons. The Morgan fingerprint density at radius 2 is 1.42 bits per heavy atom. The van der Waals surface area contributed by atoms with Crippen LogP contribution in [0.3, 0.4) is 0 Å². The Morgan fingerprint density at radius 1 is 1.00 bits per heavy atom. The summed E-state index contributed by atoms with van der Waals surface area (Å²) in [5.41, 5.74) is -4.58. The topological polar surface area (TPSA) is 43.4 Å². The summed E-state index contributed by atoms with van der Waals surface area (Å²) in [7, 11) is 0. The lowest BCUT2D eigenvalue weighted by Crippen LogP contribution is -2.66. The number of carbonyl (C=O) groups excluding carboxylic acids is 2. The van der Waals surface area contributed by atoms with Crippen molar-refractivity contribution in [2.24, 2.45) is 16.7 Å². The molecule has 2 atom stereocenters. The van der Waals surface area contributed by atoms with Gasteiger partial charge in [-0.25, -0.2) is 26.7 Å². The van der Waals surface area contributed by atoms with Crippen LogP contribution in [0.4, 0.5) is 22.0 Å². The average molecular weight is 378 g/mol. The van der Waals surface area contributed by atoms with Crippen LogP contribution >= 0.6 is 0 Å². The summed E-state index contributed by atoms with van der Waals surface area (Å²) in [6.45, 7) is 9.04. The molecule has 1 aliphatic rings. The van der Waals surface area contributed by atoms with Gasteiger partial charge in [0, 0.05) is 5.41 Å². The fourth-order valence-electron chi connectivity index (χ4n) is 3.77. The van der Waals surface area contributed by atoms with E-state index in [2.05, 4.69) is 0 Å². The third-order valence-corrected chi connectivity index (χ3v) is 5.39. The van der Waals surface area contributed by atoms with Crippen molar-refractivity contribution in [1.29, 1.82) is 0 Å². The molecule has 0 spiro atoms. The van der Waals surface area contributed by atoms with Crippen LogP contribution in [0.5, 0.6) is 0 Å². The maximum atomic E-state index is 13.8. The Kier molecular flexibility index (Phi) is 4.71. The lowest BCUT2D eigenvalue weighted by Gasteiger charge is -2.61. The number of hydrogen-bond donors (Lipinski definition) is 0. The molecule has 0 unspecified atom stereocenters. The van der Waals surface area contributed by atoms with E-state index in [1.807, 2.05) is 20.8 Å². The summed E-state index contributed by atoms with van der Waals surface area (Å²) in [5.74, 6) is -13.3. The Bertz CT molecular complexity index is 753. The highest BCUT2D eigenvalue weighted by atomic mass is 19.2. The third kappa shape index (κ3) is 2.70. The fourth-order valence-corrected chi connectivity index (χ4v) is 3.77. The molecule has 2 rings (SSSR count). The van der Waals surface area contributed by atoms with E-state index in [1.165, 1.54) is 0 Å². The van der Waals surface area contributed by atoms with Gasteiger partial charge in [0.1, 0.15) is 5.56 Å². The van der Waals surface area contributed by atoms with E-state index in [0.29, 0.717) is 6.29 Å². The molecule has 0 aromatic heterocycles. The summed E-state index contributed by atoms with van der Waals surface area (Å²) in [5, 5.41) is 0. The first-order valence-corrected chi connectivity index (χ1v) is 7.92. The minimum atomic E-state index is -2.38. The molecule has 26 heavy (non-hydrogen) atoms. The van der Waals surface area contributed by atoms with Crippen molar-refractivity contribution in [2.75, 3.05) is 0 Å². The zero-order chi connectivity index (χ0) is 20.2. The molecule has 8 heteroatoms. The summed E-state index contributed by atoms with van der Waals surface area (Å²) >= 11 is 0. The molecule has 0 saturated heterocycles. The molecule has 1 aromatic carbocycles. The Balaban J connectivity index is 2.44. The van der Waals surface area contributed by atoms with Crippen molar-refractivity contribution in [3.8, 4) is 0 Å². The zero-order valence-corrected chi connectivity index (χ0v) is 15.0. The second-order valence-corrected chi connectivity index (χ2v) is 8.19. The predicted molar refractivity (Wildman–Crippen MR) is 81.8 cm³/mol. The smallest absolute Gasteiger partial charge is 0.345 e. The number of rotatable bonds is 3. The van der Waals surface area contributed by atoms with Gasteiger partial charge in [-0.1, -0.05) is 34.6 Å². The summed E-state index contributed by atoms with van der Waals surface area (Å²) < 4.78 is 72.3. The molecule has 3 nitrogen and oxygen atoms in total. The van der Waals surface area contributed by atoms with Gasteiger partial charge in [-0.3, -0.25) is 4.79 Å². The number of aldehydes is 1. The van der Waals surface area contributed by atoms with E-state index in [1.54, 1.807) is 13.8 Å². The Labute approximate surface area is 147 Å². The highest BCUT2D eigenvalue weighted by Crippen LogP contribution is 2.61. The molecule has 0 amide bonds. The zero-order valence-electron chi connectivity index (χ0n) is 15.0. The van der Waals surface area contributed by atoms with Crippen LogP contribution in [0.15, 0.2) is 0 Å². The fraction of sp³-hybridized carbons (Fsp3) is 0.556. The quantitative estimate of drug-likeness (QED) is 0.254. The summed E-state index contributed by atoms with van der Waals surface area (Å²) in [4.78, 5) is 23.8. The van der Waals surface area contributed by atoms with E-state index in [9.17, 15) is 31.5 Å². The van der Waals surface area contributed by atoms with Gasteiger partial charge in [-0.2, -0.15) is 0 Å². The molecule has 0 N–H and O–H groups in total. The second kappa shape index (κ2) is 6.03. The molecule has 1 aliphatic carbocycles. The van der Waals surface area contributed by atoms with Gasteiger partial charge >= 0.3 is 5.97 Å². The van der Waals surface area contributed by atoms with Gasteiger partial charge in [0.15, 0.2) is 35.2 Å². The first-order chi connectivity index (χ1) is 11.7. The van der Waals surface area contributed by atoms with E-state index < -0.39 is 51.6 Å². The maximum Gasteiger partial charge on any atom is 0.345 e. The molecule has 0 aliphatic heterocycles. The second-order valence-electron chi connectivity index (χ2n) is 8.19. The van der Waals surface area contributed by atoms with Crippen molar-refractivity contribution in [2.45, 2.75) is 46.6 Å². The van der Waals surface area contributed by atoms with Crippen molar-refractivity contribution in [3.05, 3.63) is 34.6 Å². The normalized spacial score (nSPS) is 24.8. The molecule has 144 valence electrons. The molecule has 1 aromatic rings.